The Morgan fingerprint density at radius 2 is 1.81 bits per heavy atom. The van der Waals surface area contributed by atoms with Crippen LogP contribution in [0.3, 0.4) is 0 Å². The Hall–Kier alpha value is -2.77. The van der Waals surface area contributed by atoms with E-state index in [2.05, 4.69) is 20.9 Å². The molecule has 5 nitrogen and oxygen atoms in total. The van der Waals surface area contributed by atoms with Crippen LogP contribution in [0, 0.1) is 0 Å². The Labute approximate surface area is 161 Å². The number of anilines is 2. The number of para-hydroxylation sites is 1. The fourth-order valence-electron chi connectivity index (χ4n) is 2.26. The molecule has 0 radical (unpaired) electrons. The molecule has 26 heavy (non-hydrogen) atoms. The van der Waals surface area contributed by atoms with E-state index in [0.29, 0.717) is 11.7 Å². The molecule has 0 fully saturated rings. The molecule has 0 unspecified atom stereocenters. The van der Waals surface area contributed by atoms with Crippen LogP contribution in [0.2, 0.25) is 0 Å². The number of thiazole rings is 1. The number of benzene rings is 2. The average molecular weight is 383 g/mol. The summed E-state index contributed by atoms with van der Waals surface area (Å²) in [5, 5.41) is 12.2. The van der Waals surface area contributed by atoms with Crippen molar-refractivity contribution in [2.24, 2.45) is 0 Å². The highest BCUT2D eigenvalue weighted by Gasteiger charge is 2.07. The number of nitrogens with one attached hydrogen (secondary N) is 3. The van der Waals surface area contributed by atoms with Crippen LogP contribution in [0.15, 0.2) is 60.0 Å². The molecule has 0 spiro atoms. The lowest BCUT2D eigenvalue weighted by atomic mass is 10.1. The van der Waals surface area contributed by atoms with Crippen LogP contribution in [-0.2, 0) is 11.3 Å². The first kappa shape index (κ1) is 18.0. The maximum Gasteiger partial charge on any atom is 0.217 e. The van der Waals surface area contributed by atoms with Crippen molar-refractivity contribution >= 4 is 45.4 Å². The Kier molecular flexibility index (Phi) is 5.93. The second-order valence-corrected chi connectivity index (χ2v) is 6.86. The van der Waals surface area contributed by atoms with Crippen LogP contribution in [-0.4, -0.2) is 16.0 Å². The number of hydrogen-bond acceptors (Lipinski definition) is 4. The minimum Gasteiger partial charge on any atom is -0.352 e. The van der Waals surface area contributed by atoms with Gasteiger partial charge in [-0.1, -0.05) is 42.5 Å². The van der Waals surface area contributed by atoms with Gasteiger partial charge in [0, 0.05) is 30.1 Å². The van der Waals surface area contributed by atoms with E-state index in [1.165, 1.54) is 18.3 Å². The molecule has 0 saturated carbocycles. The number of nitrogens with zero attached hydrogens (tertiary/aromatic N) is 1. The van der Waals surface area contributed by atoms with Gasteiger partial charge in [-0.2, -0.15) is 0 Å². The summed E-state index contributed by atoms with van der Waals surface area (Å²) in [5.41, 5.74) is 3.87. The summed E-state index contributed by atoms with van der Waals surface area (Å²) >= 11 is 6.82. The Morgan fingerprint density at radius 1 is 1.08 bits per heavy atom. The van der Waals surface area contributed by atoms with Gasteiger partial charge in [0.05, 0.1) is 5.69 Å². The van der Waals surface area contributed by atoms with E-state index >= 15 is 0 Å². The van der Waals surface area contributed by atoms with E-state index < -0.39 is 0 Å². The largest absolute Gasteiger partial charge is 0.352 e. The topological polar surface area (TPSA) is 66.1 Å². The van der Waals surface area contributed by atoms with E-state index in [0.717, 1.165) is 27.6 Å². The normalized spacial score (nSPS) is 10.2. The van der Waals surface area contributed by atoms with Crippen molar-refractivity contribution in [1.29, 1.82) is 0 Å². The molecule has 3 aromatic rings. The molecule has 1 heterocycles. The van der Waals surface area contributed by atoms with Gasteiger partial charge in [-0.25, -0.2) is 4.98 Å². The molecule has 0 saturated heterocycles. The number of carbonyl (C=O) groups excluding carboxylic acids is 1. The molecule has 3 N–H and O–H groups in total. The maximum atomic E-state index is 11.0. The van der Waals surface area contributed by atoms with Gasteiger partial charge in [0.2, 0.25) is 5.91 Å². The molecule has 0 aliphatic heterocycles. The van der Waals surface area contributed by atoms with Gasteiger partial charge in [-0.3, -0.25) is 4.79 Å². The number of aromatic nitrogens is 1. The van der Waals surface area contributed by atoms with Crippen LogP contribution < -0.4 is 16.0 Å². The zero-order valence-electron chi connectivity index (χ0n) is 14.2. The fraction of sp³-hybridized carbons (Fsp3) is 0.105. The van der Waals surface area contributed by atoms with E-state index in [4.69, 9.17) is 12.2 Å². The fourth-order valence-corrected chi connectivity index (χ4v) is 3.27. The minimum absolute atomic E-state index is 0.0376. The zero-order valence-corrected chi connectivity index (χ0v) is 15.8. The minimum atomic E-state index is -0.0376. The van der Waals surface area contributed by atoms with Gasteiger partial charge in [-0.15, -0.1) is 11.3 Å². The molecule has 1 amide bonds. The van der Waals surface area contributed by atoms with Crippen molar-refractivity contribution in [2.75, 3.05) is 10.6 Å². The molecular formula is C19H18N4OS2. The first-order valence-electron chi connectivity index (χ1n) is 8.02. The third-order valence-corrected chi connectivity index (χ3v) is 4.51. The first-order valence-corrected chi connectivity index (χ1v) is 9.31. The summed E-state index contributed by atoms with van der Waals surface area (Å²) < 4.78 is 0. The van der Waals surface area contributed by atoms with Crippen LogP contribution in [0.5, 0.6) is 0 Å². The molecule has 2 aromatic carbocycles. The zero-order chi connectivity index (χ0) is 18.4. The van der Waals surface area contributed by atoms with E-state index in [9.17, 15) is 4.79 Å². The Bertz CT molecular complexity index is 891. The molecule has 0 aliphatic carbocycles. The summed E-state index contributed by atoms with van der Waals surface area (Å²) in [6, 6.07) is 17.7. The summed E-state index contributed by atoms with van der Waals surface area (Å²) in [6.45, 7) is 2.04. The maximum absolute atomic E-state index is 11.0. The number of amides is 1. The van der Waals surface area contributed by atoms with Gasteiger partial charge in [0.15, 0.2) is 10.2 Å². The molecule has 3 rings (SSSR count). The highest BCUT2D eigenvalue weighted by atomic mass is 32.1. The lowest BCUT2D eigenvalue weighted by Crippen LogP contribution is -2.18. The van der Waals surface area contributed by atoms with Gasteiger partial charge in [-0.05, 0) is 29.9 Å². The van der Waals surface area contributed by atoms with Gasteiger partial charge >= 0.3 is 0 Å². The molecule has 7 heteroatoms. The van der Waals surface area contributed by atoms with Crippen molar-refractivity contribution in [1.82, 2.24) is 10.3 Å². The third kappa shape index (κ3) is 5.11. The molecule has 0 bridgehead atoms. The van der Waals surface area contributed by atoms with Gasteiger partial charge in [0.25, 0.3) is 0 Å². The quantitative estimate of drug-likeness (QED) is 0.576. The first-order chi connectivity index (χ1) is 12.6. The molecular weight excluding hydrogens is 364 g/mol. The highest BCUT2D eigenvalue weighted by molar-refractivity contribution is 7.80. The van der Waals surface area contributed by atoms with Gasteiger partial charge < -0.3 is 16.0 Å². The summed E-state index contributed by atoms with van der Waals surface area (Å²) in [4.78, 5) is 15.5. The van der Waals surface area contributed by atoms with Gasteiger partial charge in [0.1, 0.15) is 0 Å². The lowest BCUT2D eigenvalue weighted by molar-refractivity contribution is -0.119. The lowest BCUT2D eigenvalue weighted by Gasteiger charge is -2.07. The number of thiocarbonyl (C=S) groups is 1. The second kappa shape index (κ2) is 8.55. The van der Waals surface area contributed by atoms with Crippen molar-refractivity contribution < 1.29 is 4.79 Å². The predicted octanol–water partition coefficient (Wildman–Crippen LogP) is 4.26. The molecule has 132 valence electrons. The molecule has 0 atom stereocenters. The average Bonchev–Trinajstić information content (AvgIpc) is 3.09. The van der Waals surface area contributed by atoms with Crippen molar-refractivity contribution in [3.8, 4) is 11.3 Å². The van der Waals surface area contributed by atoms with E-state index in [-0.39, 0.29) is 5.91 Å². The highest BCUT2D eigenvalue weighted by Crippen LogP contribution is 2.25. The SMILES string of the molecule is CC(=O)NCc1ccc(-c2csc(NC(=S)Nc3ccccc3)n2)cc1. The van der Waals surface area contributed by atoms with Crippen LogP contribution in [0.1, 0.15) is 12.5 Å². The molecule has 1 aromatic heterocycles. The van der Waals surface area contributed by atoms with E-state index in [1.807, 2.05) is 60.0 Å². The predicted molar refractivity (Wildman–Crippen MR) is 111 cm³/mol. The summed E-state index contributed by atoms with van der Waals surface area (Å²) in [6.07, 6.45) is 0. The molecule has 0 aliphatic rings. The van der Waals surface area contributed by atoms with Crippen molar-refractivity contribution in [3.63, 3.8) is 0 Å². The van der Waals surface area contributed by atoms with Crippen LogP contribution >= 0.6 is 23.6 Å². The second-order valence-electron chi connectivity index (χ2n) is 5.59. The van der Waals surface area contributed by atoms with Crippen LogP contribution in [0.4, 0.5) is 10.8 Å². The monoisotopic (exact) mass is 382 g/mol. The van der Waals surface area contributed by atoms with Crippen molar-refractivity contribution in [2.45, 2.75) is 13.5 Å². The Balaban J connectivity index is 1.60. The Morgan fingerprint density at radius 3 is 2.50 bits per heavy atom. The number of rotatable bonds is 5. The van der Waals surface area contributed by atoms with Crippen molar-refractivity contribution in [3.05, 3.63) is 65.5 Å². The summed E-state index contributed by atoms with van der Waals surface area (Å²) in [7, 11) is 0. The number of hydrogen-bond donors (Lipinski definition) is 3. The van der Waals surface area contributed by atoms with E-state index in [1.54, 1.807) is 0 Å². The summed E-state index contributed by atoms with van der Waals surface area (Å²) in [5.74, 6) is -0.0376. The smallest absolute Gasteiger partial charge is 0.217 e. The number of carbonyl (C=O) groups is 1. The third-order valence-electron chi connectivity index (χ3n) is 3.55. The standard InChI is InChI=1S/C19H18N4OS2/c1-13(24)20-11-14-7-9-15(10-8-14)17-12-26-19(22-17)23-18(25)21-16-5-3-2-4-6-16/h2-10,12H,11H2,1H3,(H,20,24)(H2,21,22,23,25). The van der Waals surface area contributed by atoms with Crippen LogP contribution in [0.25, 0.3) is 11.3 Å².